The molecule has 2 aromatic carbocycles. The van der Waals surface area contributed by atoms with Crippen molar-refractivity contribution >= 4 is 40.2 Å². The molecule has 12 heteroatoms. The third-order valence-corrected chi connectivity index (χ3v) is 6.93. The molecule has 3 N–H and O–H groups in total. The molecule has 5 rings (SSSR count). The summed E-state index contributed by atoms with van der Waals surface area (Å²) in [7, 11) is 1.57. The molecule has 0 unspecified atom stereocenters. The SMILES string of the molecule is COCCNC(=O)c1cn2ncnc(Nc3cc(NC(=O)c4cc(F)cc(N5CCOCC5)c4)ccc3C)c2c1C. The summed E-state index contributed by atoms with van der Waals surface area (Å²) in [6, 6.07) is 9.76. The van der Waals surface area contributed by atoms with E-state index in [4.69, 9.17) is 9.47 Å². The molecule has 3 heterocycles. The summed E-state index contributed by atoms with van der Waals surface area (Å²) in [6.45, 7) is 6.94. The Kier molecular flexibility index (Phi) is 8.41. The molecule has 41 heavy (non-hydrogen) atoms. The third kappa shape index (κ3) is 6.28. The Hall–Kier alpha value is -4.55. The van der Waals surface area contributed by atoms with E-state index in [-0.39, 0.29) is 11.5 Å². The van der Waals surface area contributed by atoms with Crippen LogP contribution in [0.3, 0.4) is 0 Å². The van der Waals surface area contributed by atoms with Gasteiger partial charge in [0.05, 0.1) is 25.4 Å². The van der Waals surface area contributed by atoms with Gasteiger partial charge in [0.2, 0.25) is 0 Å². The minimum absolute atomic E-state index is 0.221. The molecule has 0 atom stereocenters. The van der Waals surface area contributed by atoms with E-state index in [1.165, 1.54) is 18.5 Å². The van der Waals surface area contributed by atoms with Crippen LogP contribution < -0.4 is 20.9 Å². The number of aryl methyl sites for hydroxylation is 2. The number of hydrogen-bond acceptors (Lipinski definition) is 8. The number of carbonyl (C=O) groups is 2. The average molecular weight is 562 g/mol. The highest BCUT2D eigenvalue weighted by atomic mass is 19.1. The number of benzene rings is 2. The highest BCUT2D eigenvalue weighted by Crippen LogP contribution is 2.29. The highest BCUT2D eigenvalue weighted by molar-refractivity contribution is 6.05. The van der Waals surface area contributed by atoms with Crippen molar-refractivity contribution in [3.63, 3.8) is 0 Å². The Bertz CT molecular complexity index is 1580. The molecule has 1 saturated heterocycles. The van der Waals surface area contributed by atoms with Crippen molar-refractivity contribution in [2.24, 2.45) is 0 Å². The molecule has 214 valence electrons. The number of hydrogen-bond donors (Lipinski definition) is 3. The number of ether oxygens (including phenoxy) is 2. The molecule has 0 saturated carbocycles. The summed E-state index contributed by atoms with van der Waals surface area (Å²) in [5, 5.41) is 13.3. The van der Waals surface area contributed by atoms with Gasteiger partial charge in [0.15, 0.2) is 5.82 Å². The maximum Gasteiger partial charge on any atom is 0.255 e. The third-order valence-electron chi connectivity index (χ3n) is 6.93. The first-order valence-electron chi connectivity index (χ1n) is 13.3. The molecular weight excluding hydrogens is 529 g/mol. The molecule has 2 amide bonds. The van der Waals surface area contributed by atoms with Crippen LogP contribution in [0.1, 0.15) is 31.8 Å². The van der Waals surface area contributed by atoms with Gasteiger partial charge in [-0.1, -0.05) is 6.07 Å². The van der Waals surface area contributed by atoms with Crippen molar-refractivity contribution in [3.05, 3.63) is 77.0 Å². The summed E-state index contributed by atoms with van der Waals surface area (Å²) in [5.74, 6) is -0.636. The van der Waals surface area contributed by atoms with E-state index in [0.29, 0.717) is 79.0 Å². The molecule has 0 aliphatic carbocycles. The normalized spacial score (nSPS) is 13.3. The van der Waals surface area contributed by atoms with Crippen molar-refractivity contribution in [2.75, 3.05) is 62.1 Å². The Morgan fingerprint density at radius 1 is 1.10 bits per heavy atom. The van der Waals surface area contributed by atoms with Crippen LogP contribution in [0, 0.1) is 19.7 Å². The number of anilines is 4. The molecule has 0 radical (unpaired) electrons. The molecular formula is C29H32FN7O4. The Balaban J connectivity index is 1.37. The number of fused-ring (bicyclic) bond motifs is 1. The molecule has 0 spiro atoms. The zero-order valence-corrected chi connectivity index (χ0v) is 23.2. The van der Waals surface area contributed by atoms with E-state index >= 15 is 0 Å². The minimum atomic E-state index is -0.479. The molecule has 0 bridgehead atoms. The fourth-order valence-electron chi connectivity index (χ4n) is 4.72. The van der Waals surface area contributed by atoms with E-state index in [9.17, 15) is 14.0 Å². The van der Waals surface area contributed by atoms with Gasteiger partial charge in [-0.15, -0.1) is 0 Å². The van der Waals surface area contributed by atoms with E-state index in [0.717, 1.165) is 5.56 Å². The summed E-state index contributed by atoms with van der Waals surface area (Å²) in [4.78, 5) is 32.2. The molecule has 1 aliphatic heterocycles. The maximum atomic E-state index is 14.4. The average Bonchev–Trinajstić information content (AvgIpc) is 3.32. The van der Waals surface area contributed by atoms with E-state index in [2.05, 4.69) is 26.0 Å². The van der Waals surface area contributed by atoms with Crippen LogP contribution in [0.2, 0.25) is 0 Å². The van der Waals surface area contributed by atoms with Crippen molar-refractivity contribution < 1.29 is 23.5 Å². The number of nitrogens with zero attached hydrogens (tertiary/aromatic N) is 4. The van der Waals surface area contributed by atoms with Crippen LogP contribution in [0.5, 0.6) is 0 Å². The minimum Gasteiger partial charge on any atom is -0.383 e. The maximum absolute atomic E-state index is 14.4. The smallest absolute Gasteiger partial charge is 0.255 e. The number of aromatic nitrogens is 3. The summed E-state index contributed by atoms with van der Waals surface area (Å²) in [6.07, 6.45) is 3.06. The van der Waals surface area contributed by atoms with Gasteiger partial charge >= 0.3 is 0 Å². The zero-order valence-electron chi connectivity index (χ0n) is 23.2. The molecule has 4 aromatic rings. The van der Waals surface area contributed by atoms with Crippen LogP contribution in [-0.2, 0) is 9.47 Å². The van der Waals surface area contributed by atoms with Crippen LogP contribution in [0.4, 0.5) is 27.3 Å². The lowest BCUT2D eigenvalue weighted by Crippen LogP contribution is -2.36. The predicted molar refractivity (Wildman–Crippen MR) is 154 cm³/mol. The standard InChI is InChI=1S/C29H32FN7O4/c1-18-4-5-22(34-28(38)20-12-21(30)14-23(13-20)36-7-10-41-11-8-36)15-25(18)35-27-26-19(2)24(16-37(26)33-17-32-27)29(39)31-6-9-40-3/h4-5,12-17H,6-11H2,1-3H3,(H,31,39)(H,34,38)(H,32,33,35). The lowest BCUT2D eigenvalue weighted by atomic mass is 10.1. The quantitative estimate of drug-likeness (QED) is 0.265. The number of amides is 2. The van der Waals surface area contributed by atoms with Crippen molar-refractivity contribution in [1.82, 2.24) is 19.9 Å². The number of halogens is 1. The zero-order chi connectivity index (χ0) is 28.9. The van der Waals surface area contributed by atoms with Crippen LogP contribution in [0.15, 0.2) is 48.9 Å². The second kappa shape index (κ2) is 12.3. The van der Waals surface area contributed by atoms with Crippen molar-refractivity contribution in [3.8, 4) is 0 Å². The van der Waals surface area contributed by atoms with E-state index < -0.39 is 11.7 Å². The largest absolute Gasteiger partial charge is 0.383 e. The first kappa shape index (κ1) is 28.0. The molecule has 2 aromatic heterocycles. The predicted octanol–water partition coefficient (Wildman–Crippen LogP) is 3.69. The Morgan fingerprint density at radius 3 is 2.68 bits per heavy atom. The Morgan fingerprint density at radius 2 is 1.90 bits per heavy atom. The number of nitrogens with one attached hydrogen (secondary N) is 3. The number of carbonyl (C=O) groups excluding carboxylic acids is 2. The second-order valence-corrected chi connectivity index (χ2v) is 9.72. The number of methoxy groups -OCH3 is 1. The topological polar surface area (TPSA) is 122 Å². The van der Waals surface area contributed by atoms with Gasteiger partial charge in [-0.05, 0) is 55.3 Å². The first-order chi connectivity index (χ1) is 19.8. The van der Waals surface area contributed by atoms with Crippen molar-refractivity contribution in [1.29, 1.82) is 0 Å². The van der Waals surface area contributed by atoms with Gasteiger partial charge in [-0.25, -0.2) is 13.9 Å². The molecule has 1 aliphatic rings. The lowest BCUT2D eigenvalue weighted by Gasteiger charge is -2.29. The van der Waals surface area contributed by atoms with Crippen LogP contribution in [0.25, 0.3) is 5.52 Å². The lowest BCUT2D eigenvalue weighted by molar-refractivity contribution is 0.0936. The van der Waals surface area contributed by atoms with Gasteiger partial charge in [-0.2, -0.15) is 5.10 Å². The van der Waals surface area contributed by atoms with Gasteiger partial charge in [-0.3, -0.25) is 9.59 Å². The van der Waals surface area contributed by atoms with Gasteiger partial charge < -0.3 is 30.3 Å². The first-order valence-corrected chi connectivity index (χ1v) is 13.3. The fraction of sp³-hybridized carbons (Fsp3) is 0.310. The van der Waals surface area contributed by atoms with E-state index in [1.807, 2.05) is 24.8 Å². The second-order valence-electron chi connectivity index (χ2n) is 9.72. The monoisotopic (exact) mass is 561 g/mol. The van der Waals surface area contributed by atoms with Crippen LogP contribution >= 0.6 is 0 Å². The fourth-order valence-corrected chi connectivity index (χ4v) is 4.72. The summed E-state index contributed by atoms with van der Waals surface area (Å²) >= 11 is 0. The molecule has 11 nitrogen and oxygen atoms in total. The summed E-state index contributed by atoms with van der Waals surface area (Å²) < 4.78 is 26.4. The van der Waals surface area contributed by atoms with Gasteiger partial charge in [0.25, 0.3) is 11.8 Å². The van der Waals surface area contributed by atoms with Gasteiger partial charge in [0.1, 0.15) is 17.7 Å². The van der Waals surface area contributed by atoms with E-state index in [1.54, 1.807) is 36.0 Å². The van der Waals surface area contributed by atoms with Crippen LogP contribution in [-0.4, -0.2) is 73.0 Å². The highest BCUT2D eigenvalue weighted by Gasteiger charge is 2.19. The Labute approximate surface area is 236 Å². The van der Waals surface area contributed by atoms with Crippen molar-refractivity contribution in [2.45, 2.75) is 13.8 Å². The number of morpholine rings is 1. The van der Waals surface area contributed by atoms with Gasteiger partial charge in [0, 0.05) is 55.6 Å². The summed E-state index contributed by atoms with van der Waals surface area (Å²) in [5.41, 5.74) is 4.83. The number of rotatable bonds is 9. The molecule has 1 fully saturated rings.